The van der Waals surface area contributed by atoms with E-state index >= 15 is 0 Å². The van der Waals surface area contributed by atoms with Crippen LogP contribution in [-0.2, 0) is 5.54 Å². The zero-order chi connectivity index (χ0) is 13.9. The lowest BCUT2D eigenvalue weighted by Gasteiger charge is -2.32. The van der Waals surface area contributed by atoms with Gasteiger partial charge in [0.25, 0.3) is 0 Å². The van der Waals surface area contributed by atoms with Crippen LogP contribution in [0.5, 0.6) is 0 Å². The Morgan fingerprint density at radius 2 is 2.05 bits per heavy atom. The van der Waals surface area contributed by atoms with Crippen LogP contribution in [0.3, 0.4) is 0 Å². The minimum absolute atomic E-state index is 0.277. The molecule has 1 fully saturated rings. The molecule has 0 spiro atoms. The summed E-state index contributed by atoms with van der Waals surface area (Å²) in [6.45, 7) is 6.62. The van der Waals surface area contributed by atoms with E-state index in [9.17, 15) is 0 Å². The van der Waals surface area contributed by atoms with Crippen LogP contribution >= 0.6 is 0 Å². The third-order valence-corrected chi connectivity index (χ3v) is 4.09. The summed E-state index contributed by atoms with van der Waals surface area (Å²) < 4.78 is 0. The largest absolute Gasteiger partial charge is 0.321 e. The molecule has 2 unspecified atom stereocenters. The molecule has 1 saturated heterocycles. The minimum atomic E-state index is -0.277. The first kappa shape index (κ1) is 14.5. The fourth-order valence-corrected chi connectivity index (χ4v) is 3.15. The van der Waals surface area contributed by atoms with Gasteiger partial charge in [-0.05, 0) is 45.5 Å². The van der Waals surface area contributed by atoms with Gasteiger partial charge in [-0.3, -0.25) is 0 Å². The van der Waals surface area contributed by atoms with E-state index in [0.717, 1.165) is 19.0 Å². The van der Waals surface area contributed by atoms with Gasteiger partial charge in [-0.1, -0.05) is 30.3 Å². The summed E-state index contributed by atoms with van der Waals surface area (Å²) in [5.74, 6) is 0.793. The van der Waals surface area contributed by atoms with Gasteiger partial charge in [0.05, 0.1) is 5.54 Å². The topological polar surface area (TPSA) is 32.5 Å². The molecule has 2 N–H and O–H groups in total. The van der Waals surface area contributed by atoms with Crippen molar-refractivity contribution in [3.8, 4) is 0 Å². The molecule has 0 radical (unpaired) electrons. The summed E-state index contributed by atoms with van der Waals surface area (Å²) in [6, 6.07) is 10.4. The molecular weight excluding hydrogens is 234 g/mol. The molecule has 0 saturated carbocycles. The van der Waals surface area contributed by atoms with E-state index in [1.165, 1.54) is 25.1 Å². The summed E-state index contributed by atoms with van der Waals surface area (Å²) >= 11 is 0. The van der Waals surface area contributed by atoms with Crippen molar-refractivity contribution < 1.29 is 0 Å². The highest BCUT2D eigenvalue weighted by atomic mass is 15.2. The van der Waals surface area contributed by atoms with Gasteiger partial charge < -0.3 is 15.5 Å². The lowest BCUT2D eigenvalue weighted by Crippen LogP contribution is -2.45. The highest BCUT2D eigenvalue weighted by Crippen LogP contribution is 2.20. The maximum absolute atomic E-state index is 6.49. The fourth-order valence-electron chi connectivity index (χ4n) is 3.15. The SMILES string of the molecule is CN1CCC(CN(C)CC(C)(N)c2ccccc2)C1. The molecule has 2 rings (SSSR count). The molecule has 0 aliphatic carbocycles. The molecule has 106 valence electrons. The number of nitrogens with two attached hydrogens (primary N) is 1. The van der Waals surface area contributed by atoms with Crippen LogP contribution in [0.1, 0.15) is 18.9 Å². The Morgan fingerprint density at radius 1 is 1.37 bits per heavy atom. The van der Waals surface area contributed by atoms with E-state index in [-0.39, 0.29) is 5.54 Å². The predicted molar refractivity (Wildman–Crippen MR) is 81.1 cm³/mol. The van der Waals surface area contributed by atoms with E-state index < -0.39 is 0 Å². The van der Waals surface area contributed by atoms with Crippen molar-refractivity contribution in [2.24, 2.45) is 11.7 Å². The molecule has 3 heteroatoms. The van der Waals surface area contributed by atoms with Crippen LogP contribution in [0.4, 0.5) is 0 Å². The van der Waals surface area contributed by atoms with Gasteiger partial charge in [-0.25, -0.2) is 0 Å². The first-order valence-electron chi connectivity index (χ1n) is 7.19. The van der Waals surface area contributed by atoms with Gasteiger partial charge in [-0.15, -0.1) is 0 Å². The van der Waals surface area contributed by atoms with Gasteiger partial charge in [0.2, 0.25) is 0 Å². The standard InChI is InChI=1S/C16H27N3/c1-16(17,15-7-5-4-6-8-15)13-19(3)12-14-9-10-18(2)11-14/h4-8,14H,9-13,17H2,1-3H3. The summed E-state index contributed by atoms with van der Waals surface area (Å²) in [4.78, 5) is 4.80. The van der Waals surface area contributed by atoms with Crippen LogP contribution in [0.25, 0.3) is 0 Å². The molecule has 2 atom stereocenters. The molecule has 0 amide bonds. The van der Waals surface area contributed by atoms with Gasteiger partial charge in [0.15, 0.2) is 0 Å². The van der Waals surface area contributed by atoms with Gasteiger partial charge >= 0.3 is 0 Å². The van der Waals surface area contributed by atoms with E-state index in [1.807, 2.05) is 6.07 Å². The number of likely N-dealkylation sites (tertiary alicyclic amines) is 1. The Labute approximate surface area is 117 Å². The Hall–Kier alpha value is -0.900. The number of likely N-dealkylation sites (N-methyl/N-ethyl adjacent to an activating group) is 1. The first-order valence-corrected chi connectivity index (χ1v) is 7.19. The van der Waals surface area contributed by atoms with Crippen LogP contribution in [0, 0.1) is 5.92 Å². The lowest BCUT2D eigenvalue weighted by atomic mass is 9.92. The van der Waals surface area contributed by atoms with Gasteiger partial charge in [0, 0.05) is 19.6 Å². The number of hydrogen-bond acceptors (Lipinski definition) is 3. The summed E-state index contributed by atoms with van der Waals surface area (Å²) in [5, 5.41) is 0. The molecule has 3 nitrogen and oxygen atoms in total. The van der Waals surface area contributed by atoms with Crippen LogP contribution in [0.2, 0.25) is 0 Å². The number of nitrogens with zero attached hydrogens (tertiary/aromatic N) is 2. The van der Waals surface area contributed by atoms with E-state index in [1.54, 1.807) is 0 Å². The summed E-state index contributed by atoms with van der Waals surface area (Å²) in [6.07, 6.45) is 1.31. The van der Waals surface area contributed by atoms with Crippen molar-refractivity contribution in [1.29, 1.82) is 0 Å². The van der Waals surface area contributed by atoms with E-state index in [2.05, 4.69) is 55.1 Å². The van der Waals surface area contributed by atoms with Crippen LogP contribution in [0.15, 0.2) is 30.3 Å². The fraction of sp³-hybridized carbons (Fsp3) is 0.625. The van der Waals surface area contributed by atoms with E-state index in [0.29, 0.717) is 0 Å². The molecule has 1 aromatic carbocycles. The minimum Gasteiger partial charge on any atom is -0.321 e. The quantitative estimate of drug-likeness (QED) is 0.876. The monoisotopic (exact) mass is 261 g/mol. The zero-order valence-corrected chi connectivity index (χ0v) is 12.5. The Morgan fingerprint density at radius 3 is 2.63 bits per heavy atom. The molecule has 19 heavy (non-hydrogen) atoms. The second-order valence-corrected chi connectivity index (χ2v) is 6.40. The summed E-state index contributed by atoms with van der Waals surface area (Å²) in [7, 11) is 4.39. The smallest absolute Gasteiger partial charge is 0.0509 e. The Balaban J connectivity index is 1.89. The molecule has 1 aliphatic rings. The molecular formula is C16H27N3. The zero-order valence-electron chi connectivity index (χ0n) is 12.5. The number of rotatable bonds is 5. The van der Waals surface area contributed by atoms with Crippen molar-refractivity contribution in [3.05, 3.63) is 35.9 Å². The van der Waals surface area contributed by atoms with Crippen LogP contribution in [-0.4, -0.2) is 50.1 Å². The Kier molecular flexibility index (Phi) is 4.61. The van der Waals surface area contributed by atoms with E-state index in [4.69, 9.17) is 5.73 Å². The highest BCUT2D eigenvalue weighted by molar-refractivity contribution is 5.23. The first-order chi connectivity index (χ1) is 8.97. The molecule has 1 aliphatic heterocycles. The number of hydrogen-bond donors (Lipinski definition) is 1. The average Bonchev–Trinajstić information content (AvgIpc) is 2.75. The molecule has 1 aromatic rings. The second kappa shape index (κ2) is 6.04. The lowest BCUT2D eigenvalue weighted by molar-refractivity contribution is 0.225. The van der Waals surface area contributed by atoms with Crippen LogP contribution < -0.4 is 5.73 Å². The Bertz CT molecular complexity index is 388. The van der Waals surface area contributed by atoms with Crippen molar-refractivity contribution in [2.45, 2.75) is 18.9 Å². The van der Waals surface area contributed by atoms with Gasteiger partial charge in [0.1, 0.15) is 0 Å². The molecule has 0 aromatic heterocycles. The molecule has 1 heterocycles. The third-order valence-electron chi connectivity index (χ3n) is 4.09. The third kappa shape index (κ3) is 4.03. The normalized spacial score (nSPS) is 23.7. The number of benzene rings is 1. The van der Waals surface area contributed by atoms with Gasteiger partial charge in [-0.2, -0.15) is 0 Å². The van der Waals surface area contributed by atoms with Crippen molar-refractivity contribution >= 4 is 0 Å². The summed E-state index contributed by atoms with van der Waals surface area (Å²) in [5.41, 5.74) is 7.42. The second-order valence-electron chi connectivity index (χ2n) is 6.40. The maximum Gasteiger partial charge on any atom is 0.0509 e. The molecule has 0 bridgehead atoms. The maximum atomic E-state index is 6.49. The van der Waals surface area contributed by atoms with Crippen molar-refractivity contribution in [2.75, 3.05) is 40.3 Å². The average molecular weight is 261 g/mol. The van der Waals surface area contributed by atoms with Crippen molar-refractivity contribution in [3.63, 3.8) is 0 Å². The predicted octanol–water partition coefficient (Wildman–Crippen LogP) is 1.74. The highest BCUT2D eigenvalue weighted by Gasteiger charge is 2.26. The van der Waals surface area contributed by atoms with Crippen molar-refractivity contribution in [1.82, 2.24) is 9.80 Å².